The maximum atomic E-state index is 13.7. The molecule has 1 aliphatic carbocycles. The Hall–Kier alpha value is -0.960. The first-order chi connectivity index (χ1) is 7.63. The third kappa shape index (κ3) is 2.24. The SMILES string of the molecule is CCNC(c1cc(C)c(F)cc1F)C1CC1. The van der Waals surface area contributed by atoms with Crippen LogP contribution in [0.3, 0.4) is 0 Å². The highest BCUT2D eigenvalue weighted by atomic mass is 19.1. The van der Waals surface area contributed by atoms with Crippen molar-refractivity contribution in [1.29, 1.82) is 0 Å². The average molecular weight is 225 g/mol. The van der Waals surface area contributed by atoms with Gasteiger partial charge in [0.2, 0.25) is 0 Å². The summed E-state index contributed by atoms with van der Waals surface area (Å²) in [6.07, 6.45) is 2.26. The Morgan fingerprint density at radius 1 is 1.31 bits per heavy atom. The van der Waals surface area contributed by atoms with Gasteiger partial charge in [0.1, 0.15) is 11.6 Å². The van der Waals surface area contributed by atoms with Crippen molar-refractivity contribution in [3.63, 3.8) is 0 Å². The third-order valence-corrected chi connectivity index (χ3v) is 3.13. The van der Waals surface area contributed by atoms with E-state index in [1.807, 2.05) is 6.92 Å². The van der Waals surface area contributed by atoms with Crippen LogP contribution in [0.15, 0.2) is 12.1 Å². The van der Waals surface area contributed by atoms with Crippen molar-refractivity contribution in [3.05, 3.63) is 34.9 Å². The topological polar surface area (TPSA) is 12.0 Å². The van der Waals surface area contributed by atoms with E-state index in [1.165, 1.54) is 0 Å². The van der Waals surface area contributed by atoms with Gasteiger partial charge < -0.3 is 5.32 Å². The lowest BCUT2D eigenvalue weighted by atomic mass is 9.99. The van der Waals surface area contributed by atoms with Crippen molar-refractivity contribution in [2.24, 2.45) is 5.92 Å². The second-order valence-corrected chi connectivity index (χ2v) is 4.50. The van der Waals surface area contributed by atoms with Gasteiger partial charge in [0.05, 0.1) is 0 Å². The van der Waals surface area contributed by atoms with E-state index in [-0.39, 0.29) is 6.04 Å². The van der Waals surface area contributed by atoms with E-state index in [4.69, 9.17) is 0 Å². The molecular formula is C13H17F2N. The van der Waals surface area contributed by atoms with Crippen LogP contribution < -0.4 is 5.32 Å². The standard InChI is InChI=1S/C13H17F2N/c1-3-16-13(9-4-5-9)10-6-8(2)11(14)7-12(10)15/h6-7,9,13,16H,3-5H2,1-2H3. The van der Waals surface area contributed by atoms with Crippen molar-refractivity contribution in [2.45, 2.75) is 32.7 Å². The largest absolute Gasteiger partial charge is 0.310 e. The van der Waals surface area contributed by atoms with E-state index in [1.54, 1.807) is 13.0 Å². The van der Waals surface area contributed by atoms with Crippen LogP contribution in [0.4, 0.5) is 8.78 Å². The van der Waals surface area contributed by atoms with Crippen molar-refractivity contribution in [3.8, 4) is 0 Å². The fourth-order valence-corrected chi connectivity index (χ4v) is 2.10. The van der Waals surface area contributed by atoms with Crippen LogP contribution in [0.25, 0.3) is 0 Å². The van der Waals surface area contributed by atoms with Crippen molar-refractivity contribution in [2.75, 3.05) is 6.54 Å². The summed E-state index contributed by atoms with van der Waals surface area (Å²) in [6, 6.07) is 2.68. The number of nitrogens with one attached hydrogen (secondary N) is 1. The maximum Gasteiger partial charge on any atom is 0.130 e. The van der Waals surface area contributed by atoms with Gasteiger partial charge in [-0.05, 0) is 43.9 Å². The second-order valence-electron chi connectivity index (χ2n) is 4.50. The zero-order chi connectivity index (χ0) is 11.7. The van der Waals surface area contributed by atoms with Crippen molar-refractivity contribution < 1.29 is 8.78 Å². The monoisotopic (exact) mass is 225 g/mol. The number of hydrogen-bond acceptors (Lipinski definition) is 1. The minimum Gasteiger partial charge on any atom is -0.310 e. The molecule has 0 aromatic heterocycles. The number of benzene rings is 1. The van der Waals surface area contributed by atoms with Gasteiger partial charge in [0.25, 0.3) is 0 Å². The molecule has 1 atom stereocenters. The minimum atomic E-state index is -0.465. The zero-order valence-corrected chi connectivity index (χ0v) is 9.69. The molecule has 3 heteroatoms. The molecule has 1 aromatic rings. The average Bonchev–Trinajstić information content (AvgIpc) is 3.04. The van der Waals surface area contributed by atoms with Gasteiger partial charge in [-0.15, -0.1) is 0 Å². The minimum absolute atomic E-state index is 0.0456. The predicted molar refractivity (Wildman–Crippen MR) is 60.2 cm³/mol. The lowest BCUT2D eigenvalue weighted by Gasteiger charge is -2.19. The van der Waals surface area contributed by atoms with Gasteiger partial charge >= 0.3 is 0 Å². The number of aryl methyl sites for hydroxylation is 1. The van der Waals surface area contributed by atoms with E-state index in [0.717, 1.165) is 25.5 Å². The molecule has 1 aliphatic rings. The quantitative estimate of drug-likeness (QED) is 0.828. The van der Waals surface area contributed by atoms with E-state index in [9.17, 15) is 8.78 Å². The highest BCUT2D eigenvalue weighted by molar-refractivity contribution is 5.29. The molecule has 16 heavy (non-hydrogen) atoms. The summed E-state index contributed by atoms with van der Waals surface area (Å²) in [4.78, 5) is 0. The molecule has 1 saturated carbocycles. The van der Waals surface area contributed by atoms with Gasteiger partial charge in [0, 0.05) is 17.7 Å². The summed E-state index contributed by atoms with van der Waals surface area (Å²) in [6.45, 7) is 4.48. The van der Waals surface area contributed by atoms with Crippen LogP contribution in [-0.2, 0) is 0 Å². The summed E-state index contributed by atoms with van der Waals surface area (Å²) in [5.74, 6) is -0.382. The second kappa shape index (κ2) is 4.50. The van der Waals surface area contributed by atoms with Crippen LogP contribution in [0.5, 0.6) is 0 Å². The Balaban J connectivity index is 2.32. The van der Waals surface area contributed by atoms with E-state index >= 15 is 0 Å². The molecule has 0 amide bonds. The fourth-order valence-electron chi connectivity index (χ4n) is 2.10. The summed E-state index contributed by atoms with van der Waals surface area (Å²) >= 11 is 0. The van der Waals surface area contributed by atoms with Gasteiger partial charge in [-0.1, -0.05) is 6.92 Å². The summed E-state index contributed by atoms with van der Waals surface area (Å²) in [7, 11) is 0. The molecule has 1 unspecified atom stereocenters. The zero-order valence-electron chi connectivity index (χ0n) is 9.69. The smallest absolute Gasteiger partial charge is 0.130 e. The Labute approximate surface area is 94.9 Å². The van der Waals surface area contributed by atoms with Gasteiger partial charge in [-0.25, -0.2) is 8.78 Å². The van der Waals surface area contributed by atoms with Crippen LogP contribution in [-0.4, -0.2) is 6.54 Å². The van der Waals surface area contributed by atoms with E-state index in [2.05, 4.69) is 5.32 Å². The fraction of sp³-hybridized carbons (Fsp3) is 0.538. The van der Waals surface area contributed by atoms with Gasteiger partial charge in [-0.2, -0.15) is 0 Å². The molecule has 1 aromatic carbocycles. The molecular weight excluding hydrogens is 208 g/mol. The lowest BCUT2D eigenvalue weighted by Crippen LogP contribution is -2.23. The van der Waals surface area contributed by atoms with E-state index < -0.39 is 11.6 Å². The molecule has 0 heterocycles. The van der Waals surface area contributed by atoms with E-state index in [0.29, 0.717) is 17.0 Å². The third-order valence-electron chi connectivity index (χ3n) is 3.13. The first-order valence-corrected chi connectivity index (χ1v) is 5.82. The molecule has 0 aliphatic heterocycles. The van der Waals surface area contributed by atoms with Crippen molar-refractivity contribution in [1.82, 2.24) is 5.32 Å². The molecule has 0 spiro atoms. The predicted octanol–water partition coefficient (Wildman–Crippen LogP) is 3.33. The molecule has 1 N–H and O–H groups in total. The molecule has 1 fully saturated rings. The number of halogens is 2. The first-order valence-electron chi connectivity index (χ1n) is 5.82. The highest BCUT2D eigenvalue weighted by Crippen LogP contribution is 2.41. The van der Waals surface area contributed by atoms with Crippen LogP contribution in [0.1, 0.15) is 36.9 Å². The molecule has 0 bridgehead atoms. The molecule has 1 nitrogen and oxygen atoms in total. The molecule has 0 radical (unpaired) electrons. The summed E-state index contributed by atoms with van der Waals surface area (Å²) in [5, 5.41) is 3.29. The summed E-state index contributed by atoms with van der Waals surface area (Å²) < 4.78 is 26.9. The Morgan fingerprint density at radius 3 is 2.56 bits per heavy atom. The number of rotatable bonds is 4. The van der Waals surface area contributed by atoms with Gasteiger partial charge in [-0.3, -0.25) is 0 Å². The summed E-state index contributed by atoms with van der Waals surface area (Å²) in [5.41, 5.74) is 1.13. The lowest BCUT2D eigenvalue weighted by molar-refractivity contribution is 0.463. The van der Waals surface area contributed by atoms with Crippen molar-refractivity contribution >= 4 is 0 Å². The highest BCUT2D eigenvalue weighted by Gasteiger charge is 2.33. The Kier molecular flexibility index (Phi) is 3.24. The van der Waals surface area contributed by atoms with Crippen LogP contribution >= 0.6 is 0 Å². The Bertz CT molecular complexity index is 386. The molecule has 88 valence electrons. The Morgan fingerprint density at radius 2 is 2.00 bits per heavy atom. The number of hydrogen-bond donors (Lipinski definition) is 1. The maximum absolute atomic E-state index is 13.7. The van der Waals surface area contributed by atoms with Gasteiger partial charge in [0.15, 0.2) is 0 Å². The van der Waals surface area contributed by atoms with Crippen LogP contribution in [0.2, 0.25) is 0 Å². The molecule has 0 saturated heterocycles. The van der Waals surface area contributed by atoms with Crippen LogP contribution in [0, 0.1) is 24.5 Å². The molecule has 2 rings (SSSR count). The normalized spacial score (nSPS) is 17.5. The first kappa shape index (κ1) is 11.5.